The molecule has 0 radical (unpaired) electrons. The van der Waals surface area contributed by atoms with Gasteiger partial charge in [-0.25, -0.2) is 9.67 Å². The Balaban J connectivity index is 1.91. The van der Waals surface area contributed by atoms with Crippen molar-refractivity contribution in [3.05, 3.63) is 12.2 Å². The van der Waals surface area contributed by atoms with E-state index >= 15 is 0 Å². The molecule has 0 amide bonds. The van der Waals surface area contributed by atoms with Gasteiger partial charge in [0, 0.05) is 18.7 Å². The third-order valence-corrected chi connectivity index (χ3v) is 3.02. The molecule has 1 unspecified atom stereocenters. The minimum absolute atomic E-state index is 0.100. The monoisotopic (exact) mass is 224 g/mol. The normalized spacial score (nSPS) is 25.1. The van der Waals surface area contributed by atoms with E-state index in [0.29, 0.717) is 0 Å². The molecule has 1 N–H and O–H groups in total. The van der Waals surface area contributed by atoms with E-state index in [9.17, 15) is 0 Å². The van der Waals surface area contributed by atoms with Crippen molar-refractivity contribution in [2.45, 2.75) is 45.3 Å². The molecule has 5 nitrogen and oxygen atoms in total. The molecule has 1 aromatic rings. The Bertz CT molecular complexity index is 330. The number of hydrogen-bond donors (Lipinski definition) is 1. The average Bonchev–Trinajstić information content (AvgIpc) is 2.86. The van der Waals surface area contributed by atoms with Crippen molar-refractivity contribution in [2.75, 3.05) is 13.2 Å². The zero-order valence-electron chi connectivity index (χ0n) is 10.1. The lowest BCUT2D eigenvalue weighted by Crippen LogP contribution is -2.42. The zero-order valence-corrected chi connectivity index (χ0v) is 10.1. The lowest BCUT2D eigenvalue weighted by Gasteiger charge is -2.23. The summed E-state index contributed by atoms with van der Waals surface area (Å²) < 4.78 is 7.37. The van der Waals surface area contributed by atoms with Gasteiger partial charge in [0.2, 0.25) is 0 Å². The molecule has 0 aromatic carbocycles. The van der Waals surface area contributed by atoms with E-state index in [1.807, 2.05) is 4.68 Å². The van der Waals surface area contributed by atoms with Crippen LogP contribution < -0.4 is 5.32 Å². The van der Waals surface area contributed by atoms with Gasteiger partial charge >= 0.3 is 0 Å². The molecule has 1 aromatic heterocycles. The van der Waals surface area contributed by atoms with Crippen molar-refractivity contribution < 1.29 is 4.74 Å². The number of hydrogen-bond acceptors (Lipinski definition) is 4. The van der Waals surface area contributed by atoms with Crippen LogP contribution in [0.4, 0.5) is 0 Å². The van der Waals surface area contributed by atoms with E-state index < -0.39 is 0 Å². The van der Waals surface area contributed by atoms with Crippen molar-refractivity contribution in [3.63, 3.8) is 0 Å². The van der Waals surface area contributed by atoms with E-state index in [1.165, 1.54) is 0 Å². The highest BCUT2D eigenvalue weighted by molar-refractivity contribution is 4.91. The molecule has 1 fully saturated rings. The van der Waals surface area contributed by atoms with E-state index in [-0.39, 0.29) is 5.54 Å². The molecular weight excluding hydrogens is 204 g/mol. The van der Waals surface area contributed by atoms with Crippen molar-refractivity contribution >= 4 is 0 Å². The van der Waals surface area contributed by atoms with Gasteiger partial charge < -0.3 is 10.1 Å². The number of aryl methyl sites for hydroxylation is 1. The Morgan fingerprint density at radius 3 is 3.19 bits per heavy atom. The number of nitrogens with zero attached hydrogens (tertiary/aromatic N) is 3. The van der Waals surface area contributed by atoms with Crippen LogP contribution in [0.2, 0.25) is 0 Å². The summed E-state index contributed by atoms with van der Waals surface area (Å²) in [5.74, 6) is 1.01. The van der Waals surface area contributed by atoms with Crippen LogP contribution in [0.5, 0.6) is 0 Å². The topological polar surface area (TPSA) is 52.0 Å². The predicted octanol–water partition coefficient (Wildman–Crippen LogP) is 0.957. The van der Waals surface area contributed by atoms with Crippen molar-refractivity contribution in [3.8, 4) is 0 Å². The molecule has 2 heterocycles. The van der Waals surface area contributed by atoms with Gasteiger partial charge in [-0.3, -0.25) is 0 Å². The van der Waals surface area contributed by atoms with Crippen molar-refractivity contribution in [2.24, 2.45) is 0 Å². The Morgan fingerprint density at radius 1 is 1.62 bits per heavy atom. The molecule has 0 aliphatic carbocycles. The van der Waals surface area contributed by atoms with E-state index in [1.54, 1.807) is 6.33 Å². The van der Waals surface area contributed by atoms with Crippen LogP contribution >= 0.6 is 0 Å². The first kappa shape index (κ1) is 11.5. The van der Waals surface area contributed by atoms with Crippen LogP contribution in [0, 0.1) is 0 Å². The standard InChI is InChI=1S/C11H20N4O/c1-3-5-15-10(12-9-14-15)7-13-11(2)4-6-16-8-11/h9,13H,3-8H2,1-2H3. The number of rotatable bonds is 5. The van der Waals surface area contributed by atoms with Gasteiger partial charge in [-0.2, -0.15) is 5.10 Å². The average molecular weight is 224 g/mol. The van der Waals surface area contributed by atoms with E-state index in [0.717, 1.165) is 45.0 Å². The second kappa shape index (κ2) is 4.93. The summed E-state index contributed by atoms with van der Waals surface area (Å²) >= 11 is 0. The first-order valence-corrected chi connectivity index (χ1v) is 5.93. The van der Waals surface area contributed by atoms with Gasteiger partial charge in [0.15, 0.2) is 0 Å². The maximum absolute atomic E-state index is 5.40. The quantitative estimate of drug-likeness (QED) is 0.809. The lowest BCUT2D eigenvalue weighted by atomic mass is 10.0. The van der Waals surface area contributed by atoms with Crippen LogP contribution in [0.3, 0.4) is 0 Å². The van der Waals surface area contributed by atoms with Crippen molar-refractivity contribution in [1.82, 2.24) is 20.1 Å². The molecule has 1 aliphatic heterocycles. The summed E-state index contributed by atoms with van der Waals surface area (Å²) in [6.07, 6.45) is 3.77. The third-order valence-electron chi connectivity index (χ3n) is 3.02. The highest BCUT2D eigenvalue weighted by atomic mass is 16.5. The predicted molar refractivity (Wildman–Crippen MR) is 61.0 cm³/mol. The lowest BCUT2D eigenvalue weighted by molar-refractivity contribution is 0.170. The fourth-order valence-electron chi connectivity index (χ4n) is 1.92. The van der Waals surface area contributed by atoms with E-state index in [4.69, 9.17) is 4.74 Å². The van der Waals surface area contributed by atoms with Gasteiger partial charge in [-0.05, 0) is 19.8 Å². The zero-order chi connectivity index (χ0) is 11.4. The molecule has 16 heavy (non-hydrogen) atoms. The Kier molecular flexibility index (Phi) is 3.56. The maximum Gasteiger partial charge on any atom is 0.140 e. The molecule has 90 valence electrons. The summed E-state index contributed by atoms with van der Waals surface area (Å²) in [5.41, 5.74) is 0.100. The number of aromatic nitrogens is 3. The third kappa shape index (κ3) is 2.59. The molecule has 0 spiro atoms. The summed E-state index contributed by atoms with van der Waals surface area (Å²) in [5, 5.41) is 7.72. The van der Waals surface area contributed by atoms with Gasteiger partial charge in [0.25, 0.3) is 0 Å². The molecule has 1 aliphatic rings. The number of ether oxygens (including phenoxy) is 1. The molecule has 2 rings (SSSR count). The summed E-state index contributed by atoms with van der Waals surface area (Å²) in [4.78, 5) is 4.28. The van der Waals surface area contributed by atoms with Gasteiger partial charge in [-0.1, -0.05) is 6.92 Å². The van der Waals surface area contributed by atoms with Crippen LogP contribution in [-0.4, -0.2) is 33.5 Å². The highest BCUT2D eigenvalue weighted by Crippen LogP contribution is 2.17. The second-order valence-electron chi connectivity index (χ2n) is 4.62. The SMILES string of the molecule is CCCn1ncnc1CNC1(C)CCOC1. The minimum atomic E-state index is 0.100. The molecular formula is C11H20N4O. The minimum Gasteiger partial charge on any atom is -0.379 e. The fraction of sp³-hybridized carbons (Fsp3) is 0.818. The van der Waals surface area contributed by atoms with Crippen LogP contribution in [0.15, 0.2) is 6.33 Å². The Morgan fingerprint density at radius 2 is 2.50 bits per heavy atom. The molecule has 0 bridgehead atoms. The molecule has 1 saturated heterocycles. The Labute approximate surface area is 96.2 Å². The van der Waals surface area contributed by atoms with Crippen LogP contribution in [0.1, 0.15) is 32.5 Å². The van der Waals surface area contributed by atoms with Gasteiger partial charge in [-0.15, -0.1) is 0 Å². The number of nitrogens with one attached hydrogen (secondary N) is 1. The first-order valence-electron chi connectivity index (χ1n) is 5.93. The second-order valence-corrected chi connectivity index (χ2v) is 4.62. The van der Waals surface area contributed by atoms with Crippen LogP contribution in [-0.2, 0) is 17.8 Å². The van der Waals surface area contributed by atoms with Gasteiger partial charge in [0.05, 0.1) is 13.2 Å². The molecule has 1 atom stereocenters. The molecule has 0 saturated carbocycles. The summed E-state index contributed by atoms with van der Waals surface area (Å²) in [6.45, 7) is 7.68. The summed E-state index contributed by atoms with van der Waals surface area (Å²) in [7, 11) is 0. The smallest absolute Gasteiger partial charge is 0.140 e. The molecule has 5 heteroatoms. The fourth-order valence-corrected chi connectivity index (χ4v) is 1.92. The van der Waals surface area contributed by atoms with Crippen molar-refractivity contribution in [1.29, 1.82) is 0 Å². The van der Waals surface area contributed by atoms with Crippen LogP contribution in [0.25, 0.3) is 0 Å². The maximum atomic E-state index is 5.40. The summed E-state index contributed by atoms with van der Waals surface area (Å²) in [6, 6.07) is 0. The van der Waals surface area contributed by atoms with E-state index in [2.05, 4.69) is 29.2 Å². The Hall–Kier alpha value is -0.940. The van der Waals surface area contributed by atoms with Gasteiger partial charge in [0.1, 0.15) is 12.2 Å². The largest absolute Gasteiger partial charge is 0.379 e. The highest BCUT2D eigenvalue weighted by Gasteiger charge is 2.29. The first-order chi connectivity index (χ1) is 7.73.